The highest BCUT2D eigenvalue weighted by molar-refractivity contribution is 9.10. The first-order valence-corrected chi connectivity index (χ1v) is 7.92. The Kier molecular flexibility index (Phi) is 4.67. The van der Waals surface area contributed by atoms with Crippen molar-refractivity contribution in [3.63, 3.8) is 0 Å². The van der Waals surface area contributed by atoms with Gasteiger partial charge in [0.25, 0.3) is 0 Å². The number of benzene rings is 2. The molecule has 0 amide bonds. The van der Waals surface area contributed by atoms with Crippen molar-refractivity contribution >= 4 is 27.8 Å². The van der Waals surface area contributed by atoms with Crippen molar-refractivity contribution in [3.8, 4) is 17.2 Å². The third-order valence-electron chi connectivity index (χ3n) is 3.43. The van der Waals surface area contributed by atoms with Crippen molar-refractivity contribution in [1.82, 2.24) is 0 Å². The largest absolute Gasteiger partial charge is 0.496 e. The van der Waals surface area contributed by atoms with Gasteiger partial charge in [-0.3, -0.25) is 4.79 Å². The minimum Gasteiger partial charge on any atom is -0.496 e. The highest BCUT2D eigenvalue weighted by Crippen LogP contribution is 2.31. The van der Waals surface area contributed by atoms with Crippen LogP contribution in [0.1, 0.15) is 15.9 Å². The highest BCUT2D eigenvalue weighted by Gasteiger charge is 2.13. The Morgan fingerprint density at radius 2 is 1.91 bits per heavy atom. The van der Waals surface area contributed by atoms with Gasteiger partial charge < -0.3 is 14.2 Å². The maximum atomic E-state index is 12.3. The van der Waals surface area contributed by atoms with Gasteiger partial charge in [0.1, 0.15) is 19.0 Å². The zero-order chi connectivity index (χ0) is 16.2. The van der Waals surface area contributed by atoms with Gasteiger partial charge >= 0.3 is 0 Å². The number of allylic oxidation sites excluding steroid dienone is 1. The molecule has 0 fully saturated rings. The summed E-state index contributed by atoms with van der Waals surface area (Å²) in [6, 6.07) is 10.8. The standard InChI is InChI=1S/C18H15BrO4/c1-21-16-6-3-12(10-14(16)19)2-5-15(20)13-4-7-17-18(11-13)23-9-8-22-17/h2-7,10-11H,8-9H2,1H3. The Balaban J connectivity index is 1.77. The predicted octanol–water partition coefficient (Wildman–Crippen LogP) is 4.13. The van der Waals surface area contributed by atoms with E-state index < -0.39 is 0 Å². The summed E-state index contributed by atoms with van der Waals surface area (Å²) in [6.45, 7) is 1.03. The van der Waals surface area contributed by atoms with Crippen LogP contribution in [0.15, 0.2) is 46.9 Å². The summed E-state index contributed by atoms with van der Waals surface area (Å²) in [5.41, 5.74) is 1.47. The molecule has 1 aliphatic heterocycles. The number of carbonyl (C=O) groups is 1. The van der Waals surface area contributed by atoms with E-state index in [2.05, 4.69) is 15.9 Å². The van der Waals surface area contributed by atoms with Gasteiger partial charge in [0.05, 0.1) is 11.6 Å². The molecular weight excluding hydrogens is 360 g/mol. The molecule has 5 heteroatoms. The number of rotatable bonds is 4. The zero-order valence-corrected chi connectivity index (χ0v) is 14.1. The summed E-state index contributed by atoms with van der Waals surface area (Å²) in [7, 11) is 1.61. The second kappa shape index (κ2) is 6.87. The molecule has 0 aromatic heterocycles. The quantitative estimate of drug-likeness (QED) is 0.596. The SMILES string of the molecule is COc1ccc(C=CC(=O)c2ccc3c(c2)OCCO3)cc1Br. The first-order chi connectivity index (χ1) is 11.2. The van der Waals surface area contributed by atoms with E-state index in [1.165, 1.54) is 0 Å². The van der Waals surface area contributed by atoms with E-state index in [9.17, 15) is 4.79 Å². The average Bonchev–Trinajstić information content (AvgIpc) is 2.59. The normalized spacial score (nSPS) is 13.1. The van der Waals surface area contributed by atoms with E-state index in [4.69, 9.17) is 14.2 Å². The van der Waals surface area contributed by atoms with Gasteiger partial charge in [0, 0.05) is 5.56 Å². The number of hydrogen-bond acceptors (Lipinski definition) is 4. The fourth-order valence-electron chi connectivity index (χ4n) is 2.25. The Bertz CT molecular complexity index is 768. The van der Waals surface area contributed by atoms with Crippen LogP contribution in [0.25, 0.3) is 6.08 Å². The average molecular weight is 375 g/mol. The van der Waals surface area contributed by atoms with Gasteiger partial charge in [-0.05, 0) is 57.9 Å². The van der Waals surface area contributed by atoms with E-state index >= 15 is 0 Å². The van der Waals surface area contributed by atoms with Crippen LogP contribution in [0.5, 0.6) is 17.2 Å². The van der Waals surface area contributed by atoms with Crippen LogP contribution in [0.2, 0.25) is 0 Å². The lowest BCUT2D eigenvalue weighted by atomic mass is 10.1. The van der Waals surface area contributed by atoms with E-state index in [-0.39, 0.29) is 5.78 Å². The van der Waals surface area contributed by atoms with Crippen LogP contribution >= 0.6 is 15.9 Å². The smallest absolute Gasteiger partial charge is 0.185 e. The van der Waals surface area contributed by atoms with Crippen molar-refractivity contribution in [1.29, 1.82) is 0 Å². The molecule has 0 saturated carbocycles. The monoisotopic (exact) mass is 374 g/mol. The summed E-state index contributed by atoms with van der Waals surface area (Å²) < 4.78 is 17.0. The lowest BCUT2D eigenvalue weighted by Gasteiger charge is -2.18. The fourth-order valence-corrected chi connectivity index (χ4v) is 2.81. The number of halogens is 1. The van der Waals surface area contributed by atoms with Crippen LogP contribution in [0.4, 0.5) is 0 Å². The minimum absolute atomic E-state index is 0.0890. The third kappa shape index (κ3) is 3.56. The molecule has 0 atom stereocenters. The van der Waals surface area contributed by atoms with Crippen LogP contribution in [-0.4, -0.2) is 26.1 Å². The fraction of sp³-hybridized carbons (Fsp3) is 0.167. The van der Waals surface area contributed by atoms with Crippen molar-refractivity contribution in [2.45, 2.75) is 0 Å². The molecule has 3 rings (SSSR count). The summed E-state index contributed by atoms with van der Waals surface area (Å²) in [5, 5.41) is 0. The molecule has 118 valence electrons. The van der Waals surface area contributed by atoms with Gasteiger partial charge in [-0.15, -0.1) is 0 Å². The molecule has 2 aromatic rings. The maximum absolute atomic E-state index is 12.3. The number of ether oxygens (including phenoxy) is 3. The second-order valence-electron chi connectivity index (χ2n) is 4.95. The molecule has 0 radical (unpaired) electrons. The molecule has 0 saturated heterocycles. The van der Waals surface area contributed by atoms with Gasteiger partial charge in [0.2, 0.25) is 0 Å². The Hall–Kier alpha value is -2.27. The van der Waals surface area contributed by atoms with Gasteiger partial charge in [0.15, 0.2) is 17.3 Å². The Morgan fingerprint density at radius 3 is 2.65 bits per heavy atom. The van der Waals surface area contributed by atoms with Crippen molar-refractivity contribution in [2.75, 3.05) is 20.3 Å². The van der Waals surface area contributed by atoms with Crippen molar-refractivity contribution in [2.24, 2.45) is 0 Å². The summed E-state index contributed by atoms with van der Waals surface area (Å²) in [6.07, 6.45) is 3.31. The summed E-state index contributed by atoms with van der Waals surface area (Å²) >= 11 is 3.43. The van der Waals surface area contributed by atoms with E-state index in [1.807, 2.05) is 18.2 Å². The highest BCUT2D eigenvalue weighted by atomic mass is 79.9. The number of hydrogen-bond donors (Lipinski definition) is 0. The third-order valence-corrected chi connectivity index (χ3v) is 4.05. The Morgan fingerprint density at radius 1 is 1.13 bits per heavy atom. The molecule has 0 unspecified atom stereocenters. The van der Waals surface area contributed by atoms with Crippen LogP contribution in [0, 0.1) is 0 Å². The molecular formula is C18H15BrO4. The number of methoxy groups -OCH3 is 1. The molecule has 0 aliphatic carbocycles. The van der Waals surface area contributed by atoms with Crippen molar-refractivity contribution in [3.05, 3.63) is 58.1 Å². The van der Waals surface area contributed by atoms with Crippen molar-refractivity contribution < 1.29 is 19.0 Å². The maximum Gasteiger partial charge on any atom is 0.185 e. The van der Waals surface area contributed by atoms with Gasteiger partial charge in [-0.25, -0.2) is 0 Å². The first-order valence-electron chi connectivity index (χ1n) is 7.13. The first kappa shape index (κ1) is 15.6. The number of ketones is 1. The summed E-state index contributed by atoms with van der Waals surface area (Å²) in [5.74, 6) is 1.95. The lowest BCUT2D eigenvalue weighted by Crippen LogP contribution is -2.15. The number of carbonyl (C=O) groups excluding carboxylic acids is 1. The molecule has 1 aliphatic rings. The Labute approximate surface area is 142 Å². The lowest BCUT2D eigenvalue weighted by molar-refractivity contribution is 0.104. The molecule has 0 spiro atoms. The molecule has 2 aromatic carbocycles. The van der Waals surface area contributed by atoms with Gasteiger partial charge in [-0.2, -0.15) is 0 Å². The second-order valence-corrected chi connectivity index (χ2v) is 5.80. The molecule has 0 bridgehead atoms. The van der Waals surface area contributed by atoms with Gasteiger partial charge in [-0.1, -0.05) is 12.1 Å². The van der Waals surface area contributed by atoms with E-state index in [0.29, 0.717) is 30.3 Å². The molecule has 4 nitrogen and oxygen atoms in total. The van der Waals surface area contributed by atoms with Crippen LogP contribution in [0.3, 0.4) is 0 Å². The van der Waals surface area contributed by atoms with Crippen LogP contribution < -0.4 is 14.2 Å². The van der Waals surface area contributed by atoms with E-state index in [1.54, 1.807) is 37.5 Å². The minimum atomic E-state index is -0.0890. The predicted molar refractivity (Wildman–Crippen MR) is 91.5 cm³/mol. The van der Waals surface area contributed by atoms with E-state index in [0.717, 1.165) is 15.8 Å². The number of fused-ring (bicyclic) bond motifs is 1. The summed E-state index contributed by atoms with van der Waals surface area (Å²) in [4.78, 5) is 12.3. The zero-order valence-electron chi connectivity index (χ0n) is 12.5. The molecule has 1 heterocycles. The molecule has 0 N–H and O–H groups in total. The molecule has 23 heavy (non-hydrogen) atoms. The topological polar surface area (TPSA) is 44.8 Å². The van der Waals surface area contributed by atoms with Crippen LogP contribution in [-0.2, 0) is 0 Å².